The Labute approximate surface area is 850 Å². The van der Waals surface area contributed by atoms with Gasteiger partial charge in [0.1, 0.15) is 51.4 Å². The SMILES string of the molecule is C=CC(=O)CC1COCC1Nc1ncc2cc(-c3c(Cl)c(OC)cc(OC)c3Cl)c(=O)n(CCCN3CCN(C(=O)C#CC)CC3)c2n1.C=CC(=O)CC1COCC1Nc1ncc2cc(-c3c(Cl)c(OC)cc(OC)c3Cl)c(=O)n(CCCN3CCN(C(=O)C=C)CC3)c2n1.C=CC(=O)CC1COCC1Nc1ncc2cc(-c3c(Cl)c(OC)cc(OC)c3Cl)c(=O)n(CCN3CCN(C(=O)C#CC)CC3)c2n1. The summed E-state index contributed by atoms with van der Waals surface area (Å²) in [6.07, 6.45) is 12.3. The Morgan fingerprint density at radius 2 is 0.655 bits per heavy atom. The van der Waals surface area contributed by atoms with Crippen LogP contribution in [0.4, 0.5) is 17.8 Å². The number of nitrogens with one attached hydrogen (secondary N) is 3. The summed E-state index contributed by atoms with van der Waals surface area (Å²) >= 11 is 40.5. The van der Waals surface area contributed by atoms with E-state index >= 15 is 0 Å². The van der Waals surface area contributed by atoms with E-state index < -0.39 is 0 Å². The lowest BCUT2D eigenvalue weighted by molar-refractivity contribution is -0.128. The molecule has 9 aromatic rings. The summed E-state index contributed by atoms with van der Waals surface area (Å²) in [7, 11) is 8.82. The van der Waals surface area contributed by atoms with Gasteiger partial charge >= 0.3 is 0 Å². The molecule has 0 aliphatic carbocycles. The number of carbonyl (C=O) groups excluding carboxylic acids is 6. The normalized spacial score (nSPS) is 18.1. The average molecular weight is 2070 g/mol. The first-order valence-corrected chi connectivity index (χ1v) is 48.4. The molecule has 6 unspecified atom stereocenters. The third-order valence-corrected chi connectivity index (χ3v) is 27.9. The summed E-state index contributed by atoms with van der Waals surface area (Å²) < 4.78 is 54.5. The lowest BCUT2D eigenvalue weighted by atomic mass is 9.97. The highest BCUT2D eigenvalue weighted by atomic mass is 35.5. The van der Waals surface area contributed by atoms with Crippen molar-refractivity contribution in [2.45, 2.75) is 83.7 Å². The van der Waals surface area contributed by atoms with E-state index in [0.717, 1.165) is 13.1 Å². The number of piperazine rings is 3. The van der Waals surface area contributed by atoms with Crippen molar-refractivity contribution >= 4 is 156 Å². The smallest absolute Gasteiger partial charge is 0.298 e. The molecule has 3 amide bonds. The second-order valence-corrected chi connectivity index (χ2v) is 36.4. The predicted molar refractivity (Wildman–Crippen MR) is 547 cm³/mol. The summed E-state index contributed by atoms with van der Waals surface area (Å²) in [5.41, 5.74) is 1.76. The fourth-order valence-corrected chi connectivity index (χ4v) is 19.9. The molecule has 6 atom stereocenters. The molecule has 12 heterocycles. The van der Waals surface area contributed by atoms with Gasteiger partial charge in [-0.25, -0.2) is 15.0 Å². The zero-order valence-corrected chi connectivity index (χ0v) is 84.7. The van der Waals surface area contributed by atoms with Crippen LogP contribution in [-0.4, -0.2) is 307 Å². The van der Waals surface area contributed by atoms with Crippen molar-refractivity contribution in [1.29, 1.82) is 0 Å². The molecule has 3 N–H and O–H groups in total. The highest BCUT2D eigenvalue weighted by Gasteiger charge is 2.37. The number of aryl methyl sites for hydroxylation is 2. The van der Waals surface area contributed by atoms with Crippen LogP contribution in [0, 0.1) is 41.4 Å². The highest BCUT2D eigenvalue weighted by Crippen LogP contribution is 2.49. The topological polar surface area (TPSA) is 384 Å². The number of methoxy groups -OCH3 is 6. The average Bonchev–Trinajstić information content (AvgIpc) is 0.827. The van der Waals surface area contributed by atoms with E-state index in [4.69, 9.17) is 127 Å². The van der Waals surface area contributed by atoms with Gasteiger partial charge in [0.15, 0.2) is 17.3 Å². The molecule has 6 aliphatic rings. The van der Waals surface area contributed by atoms with Gasteiger partial charge in [0.2, 0.25) is 23.8 Å². The van der Waals surface area contributed by atoms with Crippen LogP contribution in [0.25, 0.3) is 66.5 Å². The lowest BCUT2D eigenvalue weighted by Crippen LogP contribution is -2.49. The molecule has 6 aliphatic heterocycles. The number of nitrogens with zero attached hydrogens (tertiary/aromatic N) is 15. The van der Waals surface area contributed by atoms with Crippen LogP contribution >= 0.6 is 69.6 Å². The third-order valence-electron chi connectivity index (χ3n) is 25.6. The van der Waals surface area contributed by atoms with Crippen molar-refractivity contribution in [2.75, 3.05) is 196 Å². The van der Waals surface area contributed by atoms with E-state index in [1.54, 1.807) is 97.2 Å². The summed E-state index contributed by atoms with van der Waals surface area (Å²) in [6, 6.07) is 9.12. The van der Waals surface area contributed by atoms with Gasteiger partial charge in [0, 0.05) is 211 Å². The van der Waals surface area contributed by atoms with Gasteiger partial charge in [-0.05, 0) is 94.1 Å². The molecule has 6 aromatic heterocycles. The molecule has 752 valence electrons. The van der Waals surface area contributed by atoms with Crippen molar-refractivity contribution in [1.82, 2.24) is 73.0 Å². The summed E-state index contributed by atoms with van der Waals surface area (Å²) in [4.78, 5) is 156. The number of benzene rings is 3. The summed E-state index contributed by atoms with van der Waals surface area (Å²) in [5, 5.41) is 12.7. The first-order valence-electron chi connectivity index (χ1n) is 46.1. The maximum Gasteiger partial charge on any atom is 0.298 e. The number of hydrogen-bond donors (Lipinski definition) is 3. The number of pyridine rings is 3. The zero-order chi connectivity index (χ0) is 102. The fourth-order valence-electron chi connectivity index (χ4n) is 17.8. The van der Waals surface area contributed by atoms with Crippen LogP contribution in [0.1, 0.15) is 46.0 Å². The number of ketones is 3. The first-order chi connectivity index (χ1) is 68.5. The number of rotatable bonds is 36. The van der Waals surface area contributed by atoms with Crippen molar-refractivity contribution in [3.8, 4) is 91.6 Å². The van der Waals surface area contributed by atoms with Crippen LogP contribution in [-0.2, 0) is 62.6 Å². The highest BCUT2D eigenvalue weighted by molar-refractivity contribution is 6.43. The second-order valence-electron chi connectivity index (χ2n) is 34.2. The van der Waals surface area contributed by atoms with Gasteiger partial charge in [-0.3, -0.25) is 71.6 Å². The minimum Gasteiger partial charge on any atom is -0.495 e. The lowest BCUT2D eigenvalue weighted by Gasteiger charge is -2.34. The number of anilines is 3. The fraction of sp³-hybridized carbons (Fsp3) is 0.430. The number of amides is 3. The number of ether oxygens (including phenoxy) is 9. The van der Waals surface area contributed by atoms with Gasteiger partial charge in [-0.15, -0.1) is 0 Å². The van der Waals surface area contributed by atoms with E-state index in [-0.39, 0.29) is 164 Å². The van der Waals surface area contributed by atoms with E-state index in [2.05, 4.69) is 95.6 Å². The van der Waals surface area contributed by atoms with Crippen LogP contribution in [0.15, 0.2) is 120 Å². The van der Waals surface area contributed by atoms with Crippen molar-refractivity contribution in [3.63, 3.8) is 0 Å². The zero-order valence-electron chi connectivity index (χ0n) is 80.1. The molecule has 36 nitrogen and oxygen atoms in total. The Bertz CT molecular complexity index is 6530. The Kier molecular flexibility index (Phi) is 37.8. The van der Waals surface area contributed by atoms with Crippen molar-refractivity contribution in [3.05, 3.63) is 167 Å². The molecular formula is C100H112Cl6N18O18. The van der Waals surface area contributed by atoms with E-state index in [1.165, 1.54) is 67.0 Å². The standard InChI is InChI=1S/C34H38Cl2N6O6.C33H38Cl2N6O6.C33H36Cl2N6O6/c1-5-8-28(44)41-13-11-40(12-14-41)9-7-10-42-32-21(18-37-34(39-32)38-25-20-48-19-22(25)15-23(43)6-2)16-24(33(42)45)29-30(35)26(46-3)17-27(47-4)31(29)36;1-5-22(42)14-21-18-47-19-24(21)37-33-36-17-20-15-23(28-29(34)25(45-3)16-26(46-4)30(28)35)32(44)41(31(20)38-33)9-7-8-39-10-12-40(13-11-39)27(43)6-2;1-5-7-27(43)40-11-8-39(9-12-40)10-13-41-31-20(17-36-33(38-31)37-24-19-47-18-21(24)14-22(42)6-2)15-23(32(41)44)28-29(34)25(45-3)16-26(46-4)30(28)35/h6,16-18,22,25H,2,7,9-15,19-20H2,1,3-4H3,(H,37,38,39);5-6,15-17,21,24H,1-2,7-14,18-19H2,3-4H3,(H,36,37,38);6,15-17,21,24H,2,8-14,18-19H2,1,3-4H3,(H,36,37,38). The molecule has 3 aromatic carbocycles. The molecule has 0 spiro atoms. The molecule has 42 heteroatoms. The van der Waals surface area contributed by atoms with Crippen LogP contribution in [0.3, 0.4) is 0 Å². The molecule has 15 rings (SSSR count). The van der Waals surface area contributed by atoms with Crippen LogP contribution in [0.5, 0.6) is 34.5 Å². The molecule has 0 bridgehead atoms. The number of allylic oxidation sites excluding steroid dienone is 3. The first kappa shape index (κ1) is 107. The molecular weight excluding hydrogens is 1950 g/mol. The summed E-state index contributed by atoms with van der Waals surface area (Å²) in [5.74, 6) is 12.4. The number of carbonyl (C=O) groups is 6. The van der Waals surface area contributed by atoms with Gasteiger partial charge < -0.3 is 73.3 Å². The number of halogens is 6. The van der Waals surface area contributed by atoms with Gasteiger partial charge in [0.25, 0.3) is 28.5 Å². The molecule has 6 saturated heterocycles. The Balaban J connectivity index is 0.000000179. The molecule has 142 heavy (non-hydrogen) atoms. The predicted octanol–water partition coefficient (Wildman–Crippen LogP) is 11.5. The van der Waals surface area contributed by atoms with E-state index in [9.17, 15) is 43.2 Å². The number of aromatic nitrogens is 9. The Morgan fingerprint density at radius 1 is 0.380 bits per heavy atom. The molecule has 6 fully saturated rings. The molecule has 0 saturated carbocycles. The van der Waals surface area contributed by atoms with E-state index in [0.29, 0.717) is 249 Å². The van der Waals surface area contributed by atoms with Crippen LogP contribution < -0.4 is 61.0 Å². The van der Waals surface area contributed by atoms with Gasteiger partial charge in [-0.2, -0.15) is 15.0 Å². The minimum absolute atomic E-state index is 0.0617. The number of fused-ring (bicyclic) bond motifs is 3. The number of hydrogen-bond acceptors (Lipinski definition) is 30. The quantitative estimate of drug-likeness (QED) is 0.0242. The monoisotopic (exact) mass is 2060 g/mol. The molecule has 0 radical (unpaired) electrons. The Hall–Kier alpha value is -12.3. The van der Waals surface area contributed by atoms with Crippen molar-refractivity contribution < 1.29 is 71.4 Å². The van der Waals surface area contributed by atoms with Gasteiger partial charge in [0.05, 0.1) is 147 Å². The van der Waals surface area contributed by atoms with E-state index in [1.807, 2.05) is 0 Å². The third kappa shape index (κ3) is 25.1. The second kappa shape index (κ2) is 50.1. The van der Waals surface area contributed by atoms with Crippen molar-refractivity contribution in [2.24, 2.45) is 17.8 Å². The minimum atomic E-state index is -0.369. The maximum atomic E-state index is 14.4. The largest absolute Gasteiger partial charge is 0.495 e. The summed E-state index contributed by atoms with van der Waals surface area (Å²) in [6.45, 7) is 30.5. The van der Waals surface area contributed by atoms with Crippen LogP contribution in [0.2, 0.25) is 30.1 Å². The Morgan fingerprint density at radius 3 is 0.923 bits per heavy atom. The van der Waals surface area contributed by atoms with Gasteiger partial charge in [-0.1, -0.05) is 108 Å². The maximum absolute atomic E-state index is 14.4.